The lowest BCUT2D eigenvalue weighted by Gasteiger charge is -2.30. The molecule has 0 unspecified atom stereocenters. The third-order valence-electron chi connectivity index (χ3n) is 4.83. The topological polar surface area (TPSA) is 167 Å². The average Bonchev–Trinajstić information content (AvgIpc) is 3.51. The van der Waals surface area contributed by atoms with Crippen molar-refractivity contribution in [2.24, 2.45) is 5.73 Å². The molecule has 0 saturated carbocycles. The van der Waals surface area contributed by atoms with Gasteiger partial charge in [-0.05, 0) is 61.1 Å². The maximum atomic E-state index is 13.9. The molecule has 0 saturated heterocycles. The molecule has 5 N–H and O–H groups in total. The number of esters is 1. The number of aromatic nitrogens is 1. The van der Waals surface area contributed by atoms with Gasteiger partial charge in [-0.3, -0.25) is 24.1 Å². The number of benzene rings is 1. The highest BCUT2D eigenvalue weighted by Gasteiger charge is 2.36. The Hall–Kier alpha value is -3.97. The molecular formula is C23H25N5O6S2. The van der Waals surface area contributed by atoms with Crippen LogP contribution in [0.1, 0.15) is 44.9 Å². The van der Waals surface area contributed by atoms with E-state index in [0.717, 1.165) is 0 Å². The fourth-order valence-electron chi connectivity index (χ4n) is 3.28. The number of hydrogen-bond acceptors (Lipinski definition) is 10. The van der Waals surface area contributed by atoms with Crippen LogP contribution in [0.4, 0.5) is 11.4 Å². The molecule has 11 nitrogen and oxygen atoms in total. The van der Waals surface area contributed by atoms with E-state index in [1.165, 1.54) is 16.2 Å². The fourth-order valence-corrected chi connectivity index (χ4v) is 4.84. The summed E-state index contributed by atoms with van der Waals surface area (Å²) in [5, 5.41) is 4.30. The summed E-state index contributed by atoms with van der Waals surface area (Å²) < 4.78 is 14.3. The molecule has 3 amide bonds. The minimum atomic E-state index is -1.18. The van der Waals surface area contributed by atoms with Crippen molar-refractivity contribution in [1.82, 2.24) is 9.69 Å². The van der Waals surface area contributed by atoms with Crippen LogP contribution in [0.25, 0.3) is 0 Å². The molecule has 0 aliphatic rings. The van der Waals surface area contributed by atoms with E-state index in [4.69, 9.17) is 20.9 Å². The summed E-state index contributed by atoms with van der Waals surface area (Å²) in [6.45, 7) is 3.72. The Kier molecular flexibility index (Phi) is 8.97. The zero-order chi connectivity index (χ0) is 26.2. The van der Waals surface area contributed by atoms with Gasteiger partial charge in [-0.25, -0.2) is 0 Å². The lowest BCUT2D eigenvalue weighted by Crippen LogP contribution is -2.45. The molecule has 36 heavy (non-hydrogen) atoms. The Labute approximate surface area is 215 Å². The molecule has 0 fully saturated rings. The molecule has 0 aliphatic heterocycles. The van der Waals surface area contributed by atoms with Crippen molar-refractivity contribution in [1.29, 1.82) is 0 Å². The van der Waals surface area contributed by atoms with Crippen LogP contribution in [-0.2, 0) is 14.3 Å². The molecule has 3 rings (SSSR count). The average molecular weight is 532 g/mol. The summed E-state index contributed by atoms with van der Waals surface area (Å²) in [7, 11) is 0. The van der Waals surface area contributed by atoms with Crippen molar-refractivity contribution < 1.29 is 28.7 Å². The number of carbonyl (C=O) groups excluding carboxylic acids is 4. The normalized spacial score (nSPS) is 11.4. The largest absolute Gasteiger partial charge is 0.494 e. The lowest BCUT2D eigenvalue weighted by molar-refractivity contribution is -0.143. The van der Waals surface area contributed by atoms with Gasteiger partial charge in [-0.2, -0.15) is 4.37 Å². The summed E-state index contributed by atoms with van der Waals surface area (Å²) in [6, 6.07) is 8.81. The molecule has 0 bridgehead atoms. The molecule has 1 atom stereocenters. The standard InChI is InChI=1S/C23H25N5O6S2/c1-3-33-14-9-7-13(8-10-14)28(23(32)20-17(24)18(21(25)30)27-36-20)19(15-6-5-11-35-15)22(31)26-12-16(29)34-4-2/h5-11,19H,3-4,12,24H2,1-2H3,(H2,25,30)(H,26,31)/t19-/m1/s1. The monoisotopic (exact) mass is 531 g/mol. The van der Waals surface area contributed by atoms with Crippen LogP contribution >= 0.6 is 22.9 Å². The molecule has 3 aromatic rings. The molecule has 0 spiro atoms. The van der Waals surface area contributed by atoms with E-state index in [-0.39, 0.29) is 29.4 Å². The molecule has 190 valence electrons. The van der Waals surface area contributed by atoms with Gasteiger partial charge >= 0.3 is 5.97 Å². The molecular weight excluding hydrogens is 506 g/mol. The first kappa shape index (κ1) is 26.6. The number of amides is 3. The van der Waals surface area contributed by atoms with E-state index < -0.39 is 29.7 Å². The van der Waals surface area contributed by atoms with Crippen LogP contribution in [0.15, 0.2) is 41.8 Å². The van der Waals surface area contributed by atoms with Crippen LogP contribution in [0.2, 0.25) is 0 Å². The number of nitrogens with one attached hydrogen (secondary N) is 1. The van der Waals surface area contributed by atoms with Crippen molar-refractivity contribution in [3.63, 3.8) is 0 Å². The first-order chi connectivity index (χ1) is 17.3. The molecule has 13 heteroatoms. The third-order valence-corrected chi connectivity index (χ3v) is 6.61. The fraction of sp³-hybridized carbons (Fsp3) is 0.261. The second-order valence-electron chi connectivity index (χ2n) is 7.18. The number of hydrogen-bond donors (Lipinski definition) is 3. The van der Waals surface area contributed by atoms with Gasteiger partial charge < -0.3 is 26.3 Å². The van der Waals surface area contributed by atoms with Gasteiger partial charge in [0.1, 0.15) is 17.2 Å². The lowest BCUT2D eigenvalue weighted by atomic mass is 10.1. The van der Waals surface area contributed by atoms with E-state index in [9.17, 15) is 19.2 Å². The van der Waals surface area contributed by atoms with Gasteiger partial charge in [0.05, 0.1) is 18.9 Å². The summed E-state index contributed by atoms with van der Waals surface area (Å²) in [4.78, 5) is 52.5. The van der Waals surface area contributed by atoms with E-state index in [1.807, 2.05) is 6.92 Å². The van der Waals surface area contributed by atoms with Crippen LogP contribution in [0.3, 0.4) is 0 Å². The quantitative estimate of drug-likeness (QED) is 0.317. The van der Waals surface area contributed by atoms with Crippen molar-refractivity contribution in [3.05, 3.63) is 57.2 Å². The minimum Gasteiger partial charge on any atom is -0.494 e. The number of nitrogen functional groups attached to an aromatic ring is 1. The SMILES string of the molecule is CCOC(=O)CNC(=O)[C@@H](c1cccs1)N(C(=O)c1snc(C(N)=O)c1N)c1ccc(OCC)cc1. The van der Waals surface area contributed by atoms with Crippen molar-refractivity contribution in [2.75, 3.05) is 30.4 Å². The Morgan fingerprint density at radius 1 is 1.11 bits per heavy atom. The predicted octanol–water partition coefficient (Wildman–Crippen LogP) is 2.35. The highest BCUT2D eigenvalue weighted by Crippen LogP contribution is 2.35. The second kappa shape index (κ2) is 12.1. The predicted molar refractivity (Wildman–Crippen MR) is 136 cm³/mol. The first-order valence-corrected chi connectivity index (χ1v) is 12.5. The van der Waals surface area contributed by atoms with Gasteiger partial charge in [-0.1, -0.05) is 6.07 Å². The van der Waals surface area contributed by atoms with Crippen LogP contribution in [-0.4, -0.2) is 47.8 Å². The van der Waals surface area contributed by atoms with Gasteiger partial charge in [0.25, 0.3) is 11.8 Å². The molecule has 1 aromatic carbocycles. The van der Waals surface area contributed by atoms with Gasteiger partial charge in [0.2, 0.25) is 5.91 Å². The molecule has 2 heterocycles. The maximum absolute atomic E-state index is 13.9. The van der Waals surface area contributed by atoms with Crippen LogP contribution < -0.4 is 26.4 Å². The molecule has 2 aromatic heterocycles. The molecule has 0 radical (unpaired) electrons. The third kappa shape index (κ3) is 5.98. The van der Waals surface area contributed by atoms with Crippen molar-refractivity contribution in [3.8, 4) is 5.75 Å². The smallest absolute Gasteiger partial charge is 0.325 e. The van der Waals surface area contributed by atoms with Gasteiger partial charge in [0.15, 0.2) is 11.7 Å². The Balaban J connectivity index is 2.09. The van der Waals surface area contributed by atoms with Crippen LogP contribution in [0.5, 0.6) is 5.75 Å². The Bertz CT molecular complexity index is 1230. The first-order valence-electron chi connectivity index (χ1n) is 10.9. The minimum absolute atomic E-state index is 0.0579. The van der Waals surface area contributed by atoms with Gasteiger partial charge in [-0.15, -0.1) is 11.3 Å². The highest BCUT2D eigenvalue weighted by molar-refractivity contribution is 7.10. The van der Waals surface area contributed by atoms with E-state index in [0.29, 0.717) is 34.5 Å². The number of carbonyl (C=O) groups is 4. The van der Waals surface area contributed by atoms with Crippen molar-refractivity contribution in [2.45, 2.75) is 19.9 Å². The van der Waals surface area contributed by atoms with Crippen molar-refractivity contribution >= 4 is 57.9 Å². The Morgan fingerprint density at radius 2 is 1.83 bits per heavy atom. The van der Waals surface area contributed by atoms with E-state index in [2.05, 4.69) is 9.69 Å². The zero-order valence-corrected chi connectivity index (χ0v) is 21.2. The number of nitrogens with zero attached hydrogens (tertiary/aromatic N) is 2. The number of ether oxygens (including phenoxy) is 2. The van der Waals surface area contributed by atoms with E-state index >= 15 is 0 Å². The Morgan fingerprint density at radius 3 is 2.39 bits per heavy atom. The number of rotatable bonds is 11. The number of primary amides is 1. The number of nitrogens with two attached hydrogens (primary N) is 2. The maximum Gasteiger partial charge on any atom is 0.325 e. The number of thiophene rings is 1. The second-order valence-corrected chi connectivity index (χ2v) is 8.93. The summed E-state index contributed by atoms with van der Waals surface area (Å²) in [5.41, 5.74) is 11.3. The summed E-state index contributed by atoms with van der Waals surface area (Å²) in [6.07, 6.45) is 0. The number of anilines is 2. The highest BCUT2D eigenvalue weighted by atomic mass is 32.1. The summed E-state index contributed by atoms with van der Waals surface area (Å²) >= 11 is 1.96. The summed E-state index contributed by atoms with van der Waals surface area (Å²) in [5.74, 6) is -2.22. The van der Waals surface area contributed by atoms with E-state index in [1.54, 1.807) is 48.7 Å². The van der Waals surface area contributed by atoms with Crippen LogP contribution in [0, 0.1) is 0 Å². The molecule has 0 aliphatic carbocycles. The van der Waals surface area contributed by atoms with Gasteiger partial charge in [0, 0.05) is 10.6 Å². The zero-order valence-electron chi connectivity index (χ0n) is 19.6.